The van der Waals surface area contributed by atoms with Gasteiger partial charge in [-0.3, -0.25) is 4.68 Å². The first kappa shape index (κ1) is 12.7. The van der Waals surface area contributed by atoms with Crippen molar-refractivity contribution >= 4 is 0 Å². The number of aliphatic hydroxyl groups excluding tert-OH is 1. The molecule has 2 aromatic rings. The van der Waals surface area contributed by atoms with E-state index in [0.717, 1.165) is 5.56 Å². The average molecular weight is 249 g/mol. The van der Waals surface area contributed by atoms with Crippen molar-refractivity contribution in [2.45, 2.75) is 19.2 Å². The van der Waals surface area contributed by atoms with Crippen LogP contribution in [0.4, 0.5) is 4.39 Å². The topological polar surface area (TPSA) is 50.1 Å². The van der Waals surface area contributed by atoms with Crippen molar-refractivity contribution in [3.8, 4) is 0 Å². The zero-order valence-corrected chi connectivity index (χ0v) is 9.96. The highest BCUT2D eigenvalue weighted by atomic mass is 19.1. The highest BCUT2D eigenvalue weighted by Crippen LogP contribution is 2.02. The molecule has 0 aliphatic heterocycles. The predicted octanol–water partition coefficient (Wildman–Crippen LogP) is 1.17. The monoisotopic (exact) mass is 249 g/mol. The van der Waals surface area contributed by atoms with Gasteiger partial charge in [0.05, 0.1) is 12.6 Å². The van der Waals surface area contributed by atoms with Crippen molar-refractivity contribution < 1.29 is 9.50 Å². The predicted molar refractivity (Wildman–Crippen MR) is 66.3 cm³/mol. The van der Waals surface area contributed by atoms with Crippen LogP contribution in [0.1, 0.15) is 5.56 Å². The number of hydrogen-bond acceptors (Lipinski definition) is 3. The first-order valence-electron chi connectivity index (χ1n) is 5.84. The Hall–Kier alpha value is -1.72. The number of nitrogens with one attached hydrogen (secondary N) is 1. The van der Waals surface area contributed by atoms with Crippen LogP contribution in [-0.2, 0) is 13.1 Å². The minimum Gasteiger partial charge on any atom is -0.390 e. The molecule has 1 aromatic heterocycles. The second kappa shape index (κ2) is 6.28. The summed E-state index contributed by atoms with van der Waals surface area (Å²) < 4.78 is 14.6. The van der Waals surface area contributed by atoms with Crippen LogP contribution < -0.4 is 5.32 Å². The van der Waals surface area contributed by atoms with Crippen LogP contribution in [0.15, 0.2) is 42.7 Å². The third kappa shape index (κ3) is 3.94. The lowest BCUT2D eigenvalue weighted by molar-refractivity contribution is 0.146. The Morgan fingerprint density at radius 1 is 1.39 bits per heavy atom. The highest BCUT2D eigenvalue weighted by Gasteiger charge is 2.04. The van der Waals surface area contributed by atoms with E-state index >= 15 is 0 Å². The Labute approximate surface area is 105 Å². The Kier molecular flexibility index (Phi) is 4.44. The number of halogens is 1. The first-order chi connectivity index (χ1) is 8.74. The molecule has 0 aliphatic rings. The summed E-state index contributed by atoms with van der Waals surface area (Å²) in [6.45, 7) is 1.42. The van der Waals surface area contributed by atoms with E-state index in [9.17, 15) is 9.50 Å². The fraction of sp³-hybridized carbons (Fsp3) is 0.308. The summed E-state index contributed by atoms with van der Waals surface area (Å²) in [7, 11) is 0. The lowest BCUT2D eigenvalue weighted by atomic mass is 10.2. The van der Waals surface area contributed by atoms with Crippen molar-refractivity contribution in [2.75, 3.05) is 6.54 Å². The highest BCUT2D eigenvalue weighted by molar-refractivity contribution is 5.15. The van der Waals surface area contributed by atoms with Crippen LogP contribution in [0.25, 0.3) is 0 Å². The molecule has 18 heavy (non-hydrogen) atoms. The van der Waals surface area contributed by atoms with Gasteiger partial charge in [-0.15, -0.1) is 0 Å². The smallest absolute Gasteiger partial charge is 0.123 e. The number of rotatable bonds is 6. The van der Waals surface area contributed by atoms with Crippen LogP contribution in [0.2, 0.25) is 0 Å². The molecule has 2 rings (SSSR count). The summed E-state index contributed by atoms with van der Waals surface area (Å²) in [6, 6.07) is 8.22. The Balaban J connectivity index is 1.72. The molecule has 1 heterocycles. The first-order valence-corrected chi connectivity index (χ1v) is 5.84. The van der Waals surface area contributed by atoms with E-state index in [0.29, 0.717) is 19.6 Å². The third-order valence-corrected chi connectivity index (χ3v) is 2.56. The molecule has 0 amide bonds. The second-order valence-corrected chi connectivity index (χ2v) is 4.14. The van der Waals surface area contributed by atoms with Gasteiger partial charge in [0.25, 0.3) is 0 Å². The molecule has 0 fully saturated rings. The summed E-state index contributed by atoms with van der Waals surface area (Å²) in [5.74, 6) is -0.244. The van der Waals surface area contributed by atoms with E-state index in [1.807, 2.05) is 12.1 Å². The Morgan fingerprint density at radius 3 is 3.00 bits per heavy atom. The van der Waals surface area contributed by atoms with Gasteiger partial charge in [-0.2, -0.15) is 5.10 Å². The number of benzene rings is 1. The van der Waals surface area contributed by atoms with Gasteiger partial charge >= 0.3 is 0 Å². The lowest BCUT2D eigenvalue weighted by Crippen LogP contribution is -2.30. The van der Waals surface area contributed by atoms with Crippen LogP contribution >= 0.6 is 0 Å². The summed E-state index contributed by atoms with van der Waals surface area (Å²) >= 11 is 0. The fourth-order valence-corrected chi connectivity index (χ4v) is 1.72. The largest absolute Gasteiger partial charge is 0.390 e. The van der Waals surface area contributed by atoms with E-state index in [1.54, 1.807) is 23.1 Å². The van der Waals surface area contributed by atoms with Crippen LogP contribution in [0, 0.1) is 5.82 Å². The maximum atomic E-state index is 12.9. The molecular formula is C13H16FN3O. The van der Waals surface area contributed by atoms with E-state index in [-0.39, 0.29) is 5.82 Å². The maximum Gasteiger partial charge on any atom is 0.123 e. The van der Waals surface area contributed by atoms with E-state index in [4.69, 9.17) is 0 Å². The van der Waals surface area contributed by atoms with E-state index in [1.165, 1.54) is 12.1 Å². The van der Waals surface area contributed by atoms with Crippen LogP contribution in [0.3, 0.4) is 0 Å². The number of aromatic nitrogens is 2. The van der Waals surface area contributed by atoms with Gasteiger partial charge in [0.2, 0.25) is 0 Å². The van der Waals surface area contributed by atoms with Gasteiger partial charge in [-0.25, -0.2) is 4.39 Å². The van der Waals surface area contributed by atoms with Crippen molar-refractivity contribution in [3.05, 3.63) is 54.1 Å². The SMILES string of the molecule is OC(CNCc1cccc(F)c1)Cn1cccn1. The van der Waals surface area contributed by atoms with Crippen molar-refractivity contribution in [3.63, 3.8) is 0 Å². The Morgan fingerprint density at radius 2 is 2.28 bits per heavy atom. The molecular weight excluding hydrogens is 233 g/mol. The molecule has 96 valence electrons. The summed E-state index contributed by atoms with van der Waals surface area (Å²) in [4.78, 5) is 0. The molecule has 0 saturated heterocycles. The minimum atomic E-state index is -0.515. The van der Waals surface area contributed by atoms with Gasteiger partial charge in [-0.05, 0) is 23.8 Å². The standard InChI is InChI=1S/C13H16FN3O/c14-12-4-1-3-11(7-12)8-15-9-13(18)10-17-6-2-5-16-17/h1-7,13,15,18H,8-10H2. The lowest BCUT2D eigenvalue weighted by Gasteiger charge is -2.12. The number of aliphatic hydroxyl groups is 1. The Bertz CT molecular complexity index is 473. The molecule has 0 spiro atoms. The second-order valence-electron chi connectivity index (χ2n) is 4.14. The van der Waals surface area contributed by atoms with Gasteiger partial charge in [0, 0.05) is 25.5 Å². The molecule has 0 saturated carbocycles. The number of nitrogens with zero attached hydrogens (tertiary/aromatic N) is 2. The summed E-state index contributed by atoms with van der Waals surface area (Å²) in [5, 5.41) is 16.9. The van der Waals surface area contributed by atoms with Crippen molar-refractivity contribution in [1.29, 1.82) is 0 Å². The third-order valence-electron chi connectivity index (χ3n) is 2.56. The van der Waals surface area contributed by atoms with Gasteiger partial charge in [-0.1, -0.05) is 12.1 Å². The van der Waals surface area contributed by atoms with Crippen molar-refractivity contribution in [1.82, 2.24) is 15.1 Å². The zero-order chi connectivity index (χ0) is 12.8. The fourth-order valence-electron chi connectivity index (χ4n) is 1.72. The molecule has 5 heteroatoms. The molecule has 1 unspecified atom stereocenters. The zero-order valence-electron chi connectivity index (χ0n) is 9.96. The maximum absolute atomic E-state index is 12.9. The van der Waals surface area contributed by atoms with Crippen LogP contribution in [0.5, 0.6) is 0 Å². The summed E-state index contributed by atoms with van der Waals surface area (Å²) in [6.07, 6.45) is 2.96. The molecule has 2 N–H and O–H groups in total. The van der Waals surface area contributed by atoms with Gasteiger partial charge in [0.15, 0.2) is 0 Å². The van der Waals surface area contributed by atoms with Gasteiger partial charge in [0.1, 0.15) is 5.82 Å². The molecule has 1 aromatic carbocycles. The molecule has 1 atom stereocenters. The van der Waals surface area contributed by atoms with E-state index < -0.39 is 6.10 Å². The molecule has 4 nitrogen and oxygen atoms in total. The number of hydrogen-bond donors (Lipinski definition) is 2. The molecule has 0 bridgehead atoms. The van der Waals surface area contributed by atoms with E-state index in [2.05, 4.69) is 10.4 Å². The average Bonchev–Trinajstić information content (AvgIpc) is 2.82. The summed E-state index contributed by atoms with van der Waals surface area (Å²) in [5.41, 5.74) is 0.862. The van der Waals surface area contributed by atoms with Gasteiger partial charge < -0.3 is 10.4 Å². The van der Waals surface area contributed by atoms with Crippen LogP contribution in [-0.4, -0.2) is 27.5 Å². The van der Waals surface area contributed by atoms with Crippen molar-refractivity contribution in [2.24, 2.45) is 0 Å². The minimum absolute atomic E-state index is 0.244. The molecule has 0 radical (unpaired) electrons. The normalized spacial score (nSPS) is 12.6. The molecule has 0 aliphatic carbocycles. The quantitative estimate of drug-likeness (QED) is 0.808.